The Balaban J connectivity index is 1.36. The van der Waals surface area contributed by atoms with Gasteiger partial charge in [0.2, 0.25) is 11.4 Å². The summed E-state index contributed by atoms with van der Waals surface area (Å²) in [5.41, 5.74) is 2.82. The van der Waals surface area contributed by atoms with Crippen molar-refractivity contribution in [1.82, 2.24) is 0 Å². The van der Waals surface area contributed by atoms with E-state index in [2.05, 4.69) is 9.47 Å². The van der Waals surface area contributed by atoms with E-state index in [1.54, 1.807) is 6.07 Å². The van der Waals surface area contributed by atoms with Gasteiger partial charge in [0.1, 0.15) is 12.3 Å². The molecule has 0 aliphatic carbocycles. The number of esters is 1. The molecule has 2 aliphatic heterocycles. The lowest BCUT2D eigenvalue weighted by atomic mass is 10.1. The maximum absolute atomic E-state index is 11.6. The van der Waals surface area contributed by atoms with Crippen molar-refractivity contribution >= 4 is 28.6 Å². The number of hydrogen-bond donors (Lipinski definition) is 1. The number of pyridine rings is 1. The van der Waals surface area contributed by atoms with E-state index in [9.17, 15) is 9.90 Å². The quantitative estimate of drug-likeness (QED) is 0.219. The molecule has 3 aromatic rings. The summed E-state index contributed by atoms with van der Waals surface area (Å²) in [4.78, 5) is 13.7. The first kappa shape index (κ1) is 26.0. The van der Waals surface area contributed by atoms with Crippen LogP contribution in [0.15, 0.2) is 60.6 Å². The maximum atomic E-state index is 11.6. The maximum Gasteiger partial charge on any atom is 0.305 e. The van der Waals surface area contributed by atoms with E-state index in [-0.39, 0.29) is 18.0 Å². The number of hydrogen-bond acceptors (Lipinski definition) is 7. The summed E-state index contributed by atoms with van der Waals surface area (Å²) < 4.78 is 24.7. The van der Waals surface area contributed by atoms with Crippen molar-refractivity contribution in [1.29, 1.82) is 0 Å². The predicted molar refractivity (Wildman–Crippen MR) is 144 cm³/mol. The summed E-state index contributed by atoms with van der Waals surface area (Å²) in [5, 5.41) is 11.7. The fourth-order valence-electron chi connectivity index (χ4n) is 5.01. The van der Waals surface area contributed by atoms with E-state index in [1.807, 2.05) is 61.7 Å². The van der Waals surface area contributed by atoms with Crippen molar-refractivity contribution in [3.8, 4) is 11.5 Å². The van der Waals surface area contributed by atoms with Crippen LogP contribution >= 0.6 is 0 Å². The average molecular weight is 520 g/mol. The number of benzene rings is 2. The standard InChI is InChI=1S/C30H34N2O6/c1-2-35-28(34)13-4-3-7-16-31-17-14-22(30-24(31)10-8-11-25(30)33)21-27-32(18-15-29-36-19-20-37-29)23-9-5-6-12-26(23)38-27/h5-6,8-12,14,17,21,29H,2-4,7,13,15-16,18-20H2,1H3/p+1/b27-21-. The number of phenols is 1. The van der Waals surface area contributed by atoms with Crippen LogP contribution in [0.3, 0.4) is 0 Å². The van der Waals surface area contributed by atoms with Gasteiger partial charge in [0.05, 0.1) is 30.9 Å². The molecule has 38 heavy (non-hydrogen) atoms. The number of carbonyl (C=O) groups is 1. The van der Waals surface area contributed by atoms with Crippen molar-refractivity contribution in [2.45, 2.75) is 51.9 Å². The number of nitrogens with zero attached hydrogens (tertiary/aromatic N) is 2. The minimum atomic E-state index is -0.207. The first-order chi connectivity index (χ1) is 18.6. The van der Waals surface area contributed by atoms with Crippen molar-refractivity contribution < 1.29 is 33.4 Å². The number of aromatic hydroxyl groups is 1. The molecule has 2 aromatic carbocycles. The molecule has 2 aliphatic rings. The SMILES string of the molecule is CCOC(=O)CCCCC[n+]1ccc(/C=C2\Oc3ccccc3N2CCC2OCCO2)c2c(O)cccc21. The van der Waals surface area contributed by atoms with Gasteiger partial charge in [0.15, 0.2) is 18.2 Å². The van der Waals surface area contributed by atoms with E-state index < -0.39 is 0 Å². The number of anilines is 1. The van der Waals surface area contributed by atoms with Crippen LogP contribution in [0.1, 0.15) is 44.6 Å². The summed E-state index contributed by atoms with van der Waals surface area (Å²) >= 11 is 0. The molecule has 0 atom stereocenters. The van der Waals surface area contributed by atoms with Crippen molar-refractivity contribution in [2.75, 3.05) is 31.3 Å². The summed E-state index contributed by atoms with van der Waals surface area (Å²) in [7, 11) is 0. The van der Waals surface area contributed by atoms with Gasteiger partial charge >= 0.3 is 5.97 Å². The smallest absolute Gasteiger partial charge is 0.305 e. The molecule has 1 N–H and O–H groups in total. The molecule has 5 rings (SSSR count). The van der Waals surface area contributed by atoms with Crippen LogP contribution in [0.5, 0.6) is 11.5 Å². The Morgan fingerprint density at radius 3 is 2.79 bits per heavy atom. The highest BCUT2D eigenvalue weighted by Crippen LogP contribution is 2.40. The number of fused-ring (bicyclic) bond motifs is 2. The fourth-order valence-corrected chi connectivity index (χ4v) is 5.01. The summed E-state index contributed by atoms with van der Waals surface area (Å²) in [5.74, 6) is 1.59. The molecule has 0 radical (unpaired) electrons. The molecule has 0 amide bonds. The van der Waals surface area contributed by atoms with Crippen LogP contribution < -0.4 is 14.2 Å². The highest BCUT2D eigenvalue weighted by molar-refractivity contribution is 5.91. The number of aromatic nitrogens is 1. The Morgan fingerprint density at radius 1 is 1.11 bits per heavy atom. The topological polar surface area (TPSA) is 81.3 Å². The highest BCUT2D eigenvalue weighted by Gasteiger charge is 2.28. The molecule has 3 heterocycles. The molecule has 0 saturated carbocycles. The van der Waals surface area contributed by atoms with Crippen molar-refractivity contribution in [2.24, 2.45) is 0 Å². The molecule has 0 unspecified atom stereocenters. The second kappa shape index (κ2) is 12.3. The molecule has 1 fully saturated rings. The van der Waals surface area contributed by atoms with Gasteiger partial charge in [-0.25, -0.2) is 0 Å². The number of carbonyl (C=O) groups excluding carboxylic acids is 1. The lowest BCUT2D eigenvalue weighted by molar-refractivity contribution is -0.671. The second-order valence-corrected chi connectivity index (χ2v) is 9.42. The largest absolute Gasteiger partial charge is 0.507 e. The Morgan fingerprint density at radius 2 is 1.95 bits per heavy atom. The Kier molecular flexibility index (Phi) is 8.41. The zero-order valence-electron chi connectivity index (χ0n) is 21.8. The van der Waals surface area contributed by atoms with Gasteiger partial charge in [-0.1, -0.05) is 18.2 Å². The van der Waals surface area contributed by atoms with Crippen LogP contribution in [0.4, 0.5) is 5.69 Å². The molecule has 0 bridgehead atoms. The zero-order valence-corrected chi connectivity index (χ0v) is 21.8. The first-order valence-corrected chi connectivity index (χ1v) is 13.4. The lowest BCUT2D eigenvalue weighted by Crippen LogP contribution is -2.34. The van der Waals surface area contributed by atoms with Gasteiger partial charge < -0.3 is 29.0 Å². The summed E-state index contributed by atoms with van der Waals surface area (Å²) in [6.45, 7) is 4.96. The number of aryl methyl sites for hydroxylation is 1. The van der Waals surface area contributed by atoms with Gasteiger partial charge in [-0.3, -0.25) is 4.79 Å². The van der Waals surface area contributed by atoms with Gasteiger partial charge in [-0.15, -0.1) is 0 Å². The third-order valence-electron chi connectivity index (χ3n) is 6.83. The van der Waals surface area contributed by atoms with E-state index in [4.69, 9.17) is 18.9 Å². The Hall–Kier alpha value is -3.62. The fraction of sp³-hybridized carbons (Fsp3) is 0.400. The number of ether oxygens (including phenoxy) is 4. The first-order valence-electron chi connectivity index (χ1n) is 13.4. The number of rotatable bonds is 11. The number of unbranched alkanes of at least 4 members (excludes halogenated alkanes) is 2. The third-order valence-corrected chi connectivity index (χ3v) is 6.83. The minimum Gasteiger partial charge on any atom is -0.507 e. The Bertz CT molecular complexity index is 1300. The molecule has 8 heteroatoms. The zero-order chi connectivity index (χ0) is 26.3. The summed E-state index contributed by atoms with van der Waals surface area (Å²) in [6.07, 6.45) is 7.64. The minimum absolute atomic E-state index is 0.137. The molecule has 8 nitrogen and oxygen atoms in total. The number of phenolic OH excluding ortho intramolecular Hbond substituents is 1. The molecule has 1 aromatic heterocycles. The molecular formula is C30H35N2O6+. The molecule has 0 spiro atoms. The van der Waals surface area contributed by atoms with E-state index in [1.165, 1.54) is 0 Å². The van der Waals surface area contributed by atoms with Gasteiger partial charge in [-0.05, 0) is 38.0 Å². The van der Waals surface area contributed by atoms with E-state index in [0.29, 0.717) is 45.1 Å². The molecule has 1 saturated heterocycles. The monoisotopic (exact) mass is 519 g/mol. The lowest BCUT2D eigenvalue weighted by Gasteiger charge is -2.20. The van der Waals surface area contributed by atoms with Gasteiger partial charge in [-0.2, -0.15) is 4.57 Å². The van der Waals surface area contributed by atoms with E-state index in [0.717, 1.165) is 53.7 Å². The van der Waals surface area contributed by atoms with Gasteiger partial charge in [0.25, 0.3) is 0 Å². The predicted octanol–water partition coefficient (Wildman–Crippen LogP) is 4.92. The van der Waals surface area contributed by atoms with Crippen LogP contribution in [-0.2, 0) is 25.5 Å². The average Bonchev–Trinajstić information content (AvgIpc) is 3.56. The molecular weight excluding hydrogens is 484 g/mol. The van der Waals surface area contributed by atoms with Crippen molar-refractivity contribution in [3.63, 3.8) is 0 Å². The van der Waals surface area contributed by atoms with E-state index >= 15 is 0 Å². The van der Waals surface area contributed by atoms with Crippen LogP contribution in [-0.4, -0.2) is 43.7 Å². The highest BCUT2D eigenvalue weighted by atomic mass is 16.7. The van der Waals surface area contributed by atoms with Crippen molar-refractivity contribution in [3.05, 3.63) is 66.2 Å². The van der Waals surface area contributed by atoms with Crippen LogP contribution in [0, 0.1) is 0 Å². The normalized spacial score (nSPS) is 16.2. The van der Waals surface area contributed by atoms with Crippen LogP contribution in [0.25, 0.3) is 17.0 Å². The van der Waals surface area contributed by atoms with Gasteiger partial charge in [0, 0.05) is 49.6 Å². The second-order valence-electron chi connectivity index (χ2n) is 9.42. The summed E-state index contributed by atoms with van der Waals surface area (Å²) in [6, 6.07) is 15.6. The molecule has 200 valence electrons. The third kappa shape index (κ3) is 5.92. The number of para-hydroxylation sites is 2. The Labute approximate surface area is 223 Å². The van der Waals surface area contributed by atoms with Crippen LogP contribution in [0.2, 0.25) is 0 Å².